The molecule has 45 heavy (non-hydrogen) atoms. The first-order valence-corrected chi connectivity index (χ1v) is 14.9. The highest BCUT2D eigenvalue weighted by atomic mass is 16.5. The van der Waals surface area contributed by atoms with Crippen LogP contribution in [0.15, 0.2) is 79.1 Å². The summed E-state index contributed by atoms with van der Waals surface area (Å²) in [4.78, 5) is 41.1. The number of rotatable bonds is 3. The highest BCUT2D eigenvalue weighted by Gasteiger charge is 2.34. The fourth-order valence-corrected chi connectivity index (χ4v) is 5.60. The number of piperidine rings is 1. The molecule has 0 unspecified atom stereocenters. The lowest BCUT2D eigenvalue weighted by atomic mass is 9.99. The van der Waals surface area contributed by atoms with E-state index in [1.165, 1.54) is 7.11 Å². The van der Waals surface area contributed by atoms with Crippen LogP contribution in [0.25, 0.3) is 11.1 Å². The van der Waals surface area contributed by atoms with Gasteiger partial charge in [0, 0.05) is 49.8 Å². The Morgan fingerprint density at radius 3 is 2.62 bits per heavy atom. The van der Waals surface area contributed by atoms with Gasteiger partial charge in [-0.15, -0.1) is 0 Å². The first-order chi connectivity index (χ1) is 21.9. The molecule has 11 heteroatoms. The largest absolute Gasteiger partial charge is 0.493 e. The van der Waals surface area contributed by atoms with Crippen molar-refractivity contribution in [2.45, 2.75) is 38.0 Å². The summed E-state index contributed by atoms with van der Waals surface area (Å²) in [6, 6.07) is 19.9. The number of aryl methyl sites for hydroxylation is 1. The van der Waals surface area contributed by atoms with Crippen LogP contribution < -0.4 is 24.8 Å². The summed E-state index contributed by atoms with van der Waals surface area (Å²) in [7, 11) is 1.53. The average Bonchev–Trinajstić information content (AvgIpc) is 3.62. The van der Waals surface area contributed by atoms with Crippen LogP contribution in [0.3, 0.4) is 0 Å². The van der Waals surface area contributed by atoms with Gasteiger partial charge < -0.3 is 29.7 Å². The minimum absolute atomic E-state index is 0.0574. The molecule has 11 nitrogen and oxygen atoms in total. The van der Waals surface area contributed by atoms with Gasteiger partial charge in [0.2, 0.25) is 5.91 Å². The second-order valence-electron chi connectivity index (χ2n) is 11.1. The molecule has 9 rings (SSSR count). The van der Waals surface area contributed by atoms with Gasteiger partial charge in [0.15, 0.2) is 18.1 Å². The number of hydrogen-bond acceptors (Lipinski definition) is 7. The third-order valence-corrected chi connectivity index (χ3v) is 8.05. The molecule has 0 spiro atoms. The van der Waals surface area contributed by atoms with Crippen LogP contribution in [0.4, 0.5) is 0 Å². The summed E-state index contributed by atoms with van der Waals surface area (Å²) in [6.45, 7) is 0.857. The molecule has 1 aromatic heterocycles. The quantitative estimate of drug-likeness (QED) is 0.324. The van der Waals surface area contributed by atoms with Crippen LogP contribution in [-0.4, -0.2) is 71.8 Å². The van der Waals surface area contributed by atoms with Gasteiger partial charge in [0.05, 0.1) is 19.3 Å². The van der Waals surface area contributed by atoms with Crippen LogP contribution in [0.1, 0.15) is 34.3 Å². The van der Waals surface area contributed by atoms with Gasteiger partial charge in [0.1, 0.15) is 11.9 Å². The van der Waals surface area contributed by atoms with E-state index in [-0.39, 0.29) is 37.0 Å². The second kappa shape index (κ2) is 13.5. The Kier molecular flexibility index (Phi) is 8.95. The summed E-state index contributed by atoms with van der Waals surface area (Å²) in [5.41, 5.74) is 4.18. The third-order valence-electron chi connectivity index (χ3n) is 8.05. The number of carbonyl (C=O) groups excluding carboxylic acids is 3. The summed E-state index contributed by atoms with van der Waals surface area (Å²) in [5, 5.41) is 12.8. The van der Waals surface area contributed by atoms with Crippen molar-refractivity contribution in [1.82, 2.24) is 25.7 Å². The highest BCUT2D eigenvalue weighted by molar-refractivity contribution is 5.95. The fourth-order valence-electron chi connectivity index (χ4n) is 5.60. The number of carbonyl (C=O) groups is 3. The Labute approximate surface area is 260 Å². The fraction of sp³-hybridized carbons (Fsp3) is 0.294. The molecule has 3 aromatic carbocycles. The molecule has 3 amide bonds. The lowest BCUT2D eigenvalue weighted by Gasteiger charge is -2.39. The van der Waals surface area contributed by atoms with Crippen molar-refractivity contribution in [3.63, 3.8) is 0 Å². The Morgan fingerprint density at radius 2 is 1.82 bits per heavy atom. The molecular weight excluding hydrogens is 574 g/mol. The Balaban J connectivity index is 1.22. The number of aromatic nitrogens is 2. The zero-order valence-corrected chi connectivity index (χ0v) is 25.0. The van der Waals surface area contributed by atoms with Crippen molar-refractivity contribution in [3.05, 3.63) is 95.8 Å². The summed E-state index contributed by atoms with van der Waals surface area (Å²) in [5.74, 6) is 0.989. The van der Waals surface area contributed by atoms with Crippen LogP contribution in [0, 0.1) is 0 Å². The minimum Gasteiger partial charge on any atom is -0.493 e. The normalized spacial score (nSPS) is 19.0. The van der Waals surface area contributed by atoms with Crippen LogP contribution in [0.5, 0.6) is 17.2 Å². The number of aromatic amines is 1. The van der Waals surface area contributed by atoms with E-state index in [1.807, 2.05) is 54.6 Å². The SMILES string of the molecule is COc1cc2ccc1OCC(=O)N[C@@H]1CN(C(=O)c3cccc(-c4cn[nH]c4)c3)CC[C@H]1Oc1ccc(cc1)CNC(=O)CC2. The predicted molar refractivity (Wildman–Crippen MR) is 166 cm³/mol. The molecule has 0 saturated carbocycles. The predicted octanol–water partition coefficient (Wildman–Crippen LogP) is 3.51. The molecule has 3 N–H and O–H groups in total. The molecular formula is C34H35N5O6. The van der Waals surface area contributed by atoms with Crippen molar-refractivity contribution in [1.29, 1.82) is 0 Å². The van der Waals surface area contributed by atoms with Gasteiger partial charge in [-0.05, 0) is 59.5 Å². The molecule has 2 atom stereocenters. The lowest BCUT2D eigenvalue weighted by molar-refractivity contribution is -0.125. The number of hydrogen-bond donors (Lipinski definition) is 3. The van der Waals surface area contributed by atoms with Crippen LogP contribution >= 0.6 is 0 Å². The smallest absolute Gasteiger partial charge is 0.258 e. The van der Waals surface area contributed by atoms with E-state index in [4.69, 9.17) is 14.2 Å². The number of benzene rings is 3. The monoisotopic (exact) mass is 609 g/mol. The number of nitrogens with one attached hydrogen (secondary N) is 3. The Bertz CT molecular complexity index is 1660. The van der Waals surface area contributed by atoms with E-state index < -0.39 is 6.04 Å². The van der Waals surface area contributed by atoms with Crippen molar-refractivity contribution in [2.24, 2.45) is 0 Å². The van der Waals surface area contributed by atoms with Gasteiger partial charge in [0.25, 0.3) is 11.8 Å². The number of amides is 3. The van der Waals surface area contributed by atoms with Gasteiger partial charge in [-0.1, -0.05) is 30.3 Å². The van der Waals surface area contributed by atoms with E-state index in [0.717, 1.165) is 22.3 Å². The van der Waals surface area contributed by atoms with Crippen molar-refractivity contribution < 1.29 is 28.6 Å². The average molecular weight is 610 g/mol. The maximum atomic E-state index is 13.7. The van der Waals surface area contributed by atoms with Crippen molar-refractivity contribution in [3.8, 4) is 28.4 Å². The van der Waals surface area contributed by atoms with Gasteiger partial charge in [-0.2, -0.15) is 5.10 Å². The third kappa shape index (κ3) is 7.26. The van der Waals surface area contributed by atoms with E-state index >= 15 is 0 Å². The Hall–Kier alpha value is -5.32. The van der Waals surface area contributed by atoms with Crippen molar-refractivity contribution >= 4 is 17.7 Å². The van der Waals surface area contributed by atoms with E-state index in [2.05, 4.69) is 20.8 Å². The number of H-pyrrole nitrogens is 1. The summed E-state index contributed by atoms with van der Waals surface area (Å²) in [6.07, 6.45) is 4.46. The Morgan fingerprint density at radius 1 is 0.978 bits per heavy atom. The topological polar surface area (TPSA) is 135 Å². The summed E-state index contributed by atoms with van der Waals surface area (Å²) < 4.78 is 17.7. The van der Waals surface area contributed by atoms with Gasteiger partial charge in [-0.25, -0.2) is 0 Å². The van der Waals surface area contributed by atoms with E-state index in [9.17, 15) is 14.4 Å². The molecule has 1 fully saturated rings. The standard InChI is InChI=1S/C34H35N5O6/c1-43-31-15-22-7-11-30(31)44-21-33(41)38-28-20-39(34(42)25-4-2-3-24(16-25)26-18-36-37-19-26)14-13-29(28)45-27-9-5-23(6-10-27)17-35-32(40)12-8-22/h2-7,9-11,15-16,18-19,28-29H,8,12-14,17,20-21H2,1H3,(H,35,40)(H,36,37)(H,38,41)/t28-,29-/m1/s1. The van der Waals surface area contributed by atoms with E-state index in [0.29, 0.717) is 55.2 Å². The van der Waals surface area contributed by atoms with Gasteiger partial charge >= 0.3 is 0 Å². The molecule has 6 heterocycles. The molecule has 5 aliphatic rings. The number of ether oxygens (including phenoxy) is 3. The molecule has 232 valence electrons. The minimum atomic E-state index is -0.496. The van der Waals surface area contributed by atoms with Crippen LogP contribution in [-0.2, 0) is 22.6 Å². The first-order valence-electron chi connectivity index (χ1n) is 14.9. The molecule has 1 saturated heterocycles. The zero-order valence-electron chi connectivity index (χ0n) is 25.0. The van der Waals surface area contributed by atoms with Gasteiger partial charge in [-0.3, -0.25) is 19.5 Å². The van der Waals surface area contributed by atoms with Crippen LogP contribution in [0.2, 0.25) is 0 Å². The van der Waals surface area contributed by atoms with E-state index in [1.54, 1.807) is 29.4 Å². The highest BCUT2D eigenvalue weighted by Crippen LogP contribution is 2.29. The van der Waals surface area contributed by atoms with Crippen molar-refractivity contribution in [2.75, 3.05) is 26.8 Å². The second-order valence-corrected chi connectivity index (χ2v) is 11.1. The number of nitrogens with zero attached hydrogens (tertiary/aromatic N) is 2. The molecule has 5 aliphatic heterocycles. The molecule has 4 aromatic rings. The molecule has 0 aliphatic carbocycles. The number of methoxy groups -OCH3 is 1. The molecule has 4 bridgehead atoms. The maximum absolute atomic E-state index is 13.7. The molecule has 0 radical (unpaired) electrons. The zero-order chi connectivity index (χ0) is 31.2. The number of likely N-dealkylation sites (tertiary alicyclic amines) is 1. The summed E-state index contributed by atoms with van der Waals surface area (Å²) >= 11 is 0. The maximum Gasteiger partial charge on any atom is 0.258 e. The first kappa shape index (κ1) is 29.7. The lowest BCUT2D eigenvalue weighted by Crippen LogP contribution is -2.58.